The summed E-state index contributed by atoms with van der Waals surface area (Å²) >= 11 is 3.45. The lowest BCUT2D eigenvalue weighted by atomic mass is 10.1. The van der Waals surface area contributed by atoms with E-state index in [0.717, 1.165) is 21.3 Å². The second-order valence-electron chi connectivity index (χ2n) is 4.97. The first-order valence-electron chi connectivity index (χ1n) is 6.66. The lowest BCUT2D eigenvalue weighted by Crippen LogP contribution is -2.26. The summed E-state index contributed by atoms with van der Waals surface area (Å²) in [6, 6.07) is 13.4. The van der Waals surface area contributed by atoms with Crippen molar-refractivity contribution in [1.82, 2.24) is 4.90 Å². The topological polar surface area (TPSA) is 29.5 Å². The molecule has 0 saturated heterocycles. The van der Waals surface area contributed by atoms with Gasteiger partial charge in [0.1, 0.15) is 5.75 Å². The van der Waals surface area contributed by atoms with Crippen molar-refractivity contribution in [2.45, 2.75) is 13.5 Å². The first-order chi connectivity index (χ1) is 10.0. The number of ether oxygens (including phenoxy) is 1. The van der Waals surface area contributed by atoms with Crippen LogP contribution in [-0.2, 0) is 6.54 Å². The molecule has 0 aliphatic heterocycles. The normalized spacial score (nSPS) is 10.3. The van der Waals surface area contributed by atoms with Gasteiger partial charge in [-0.25, -0.2) is 0 Å². The fraction of sp³-hybridized carbons (Fsp3) is 0.235. The molecule has 0 aromatic heterocycles. The standard InChI is InChI=1S/C17H18BrNO2/c1-12-10-14(6-9-16(12)18)17(20)19(2)11-13-4-7-15(21-3)8-5-13/h4-10H,11H2,1-3H3. The highest BCUT2D eigenvalue weighted by Crippen LogP contribution is 2.19. The van der Waals surface area contributed by atoms with Gasteiger partial charge >= 0.3 is 0 Å². The summed E-state index contributed by atoms with van der Waals surface area (Å²) in [5, 5.41) is 0. The second-order valence-corrected chi connectivity index (χ2v) is 5.83. The van der Waals surface area contributed by atoms with E-state index in [0.29, 0.717) is 12.1 Å². The zero-order chi connectivity index (χ0) is 15.4. The van der Waals surface area contributed by atoms with Crippen LogP contribution in [0.1, 0.15) is 21.5 Å². The van der Waals surface area contributed by atoms with E-state index >= 15 is 0 Å². The maximum atomic E-state index is 12.4. The Morgan fingerprint density at radius 1 is 1.19 bits per heavy atom. The molecule has 4 heteroatoms. The van der Waals surface area contributed by atoms with Gasteiger partial charge in [-0.05, 0) is 48.4 Å². The number of carbonyl (C=O) groups excluding carboxylic acids is 1. The molecule has 0 fully saturated rings. The number of halogens is 1. The van der Waals surface area contributed by atoms with Gasteiger partial charge < -0.3 is 9.64 Å². The fourth-order valence-corrected chi connectivity index (χ4v) is 2.32. The number of benzene rings is 2. The Morgan fingerprint density at radius 3 is 2.43 bits per heavy atom. The molecule has 2 aromatic rings. The van der Waals surface area contributed by atoms with E-state index in [-0.39, 0.29) is 5.91 Å². The first-order valence-corrected chi connectivity index (χ1v) is 7.45. The summed E-state index contributed by atoms with van der Waals surface area (Å²) in [5.74, 6) is 0.831. The average molecular weight is 348 g/mol. The minimum Gasteiger partial charge on any atom is -0.497 e. The molecule has 0 spiro atoms. The molecule has 3 nitrogen and oxygen atoms in total. The number of hydrogen-bond donors (Lipinski definition) is 0. The molecule has 0 aliphatic carbocycles. The van der Waals surface area contributed by atoms with Crippen molar-refractivity contribution in [3.05, 3.63) is 63.6 Å². The molecular formula is C17H18BrNO2. The van der Waals surface area contributed by atoms with Crippen LogP contribution in [0.2, 0.25) is 0 Å². The van der Waals surface area contributed by atoms with Crippen LogP contribution < -0.4 is 4.74 Å². The van der Waals surface area contributed by atoms with Gasteiger partial charge in [0.15, 0.2) is 0 Å². The van der Waals surface area contributed by atoms with Gasteiger partial charge in [0.25, 0.3) is 5.91 Å². The van der Waals surface area contributed by atoms with Crippen molar-refractivity contribution in [2.75, 3.05) is 14.2 Å². The van der Waals surface area contributed by atoms with Crippen LogP contribution in [-0.4, -0.2) is 25.0 Å². The predicted molar refractivity (Wildman–Crippen MR) is 87.7 cm³/mol. The molecular weight excluding hydrogens is 330 g/mol. The molecule has 0 atom stereocenters. The molecule has 0 radical (unpaired) electrons. The van der Waals surface area contributed by atoms with Crippen LogP contribution in [0.25, 0.3) is 0 Å². The van der Waals surface area contributed by atoms with E-state index in [4.69, 9.17) is 4.74 Å². The summed E-state index contributed by atoms with van der Waals surface area (Å²) in [7, 11) is 3.45. The Bertz CT molecular complexity index is 638. The zero-order valence-electron chi connectivity index (χ0n) is 12.4. The Kier molecular flexibility index (Phi) is 5.02. The number of methoxy groups -OCH3 is 1. The molecule has 21 heavy (non-hydrogen) atoms. The lowest BCUT2D eigenvalue weighted by molar-refractivity contribution is 0.0785. The van der Waals surface area contributed by atoms with Crippen LogP contribution in [0, 0.1) is 6.92 Å². The molecule has 0 N–H and O–H groups in total. The number of hydrogen-bond acceptors (Lipinski definition) is 2. The third-order valence-electron chi connectivity index (χ3n) is 3.33. The lowest BCUT2D eigenvalue weighted by Gasteiger charge is -2.18. The Hall–Kier alpha value is -1.81. The quantitative estimate of drug-likeness (QED) is 0.835. The highest BCUT2D eigenvalue weighted by molar-refractivity contribution is 9.10. The van der Waals surface area contributed by atoms with Crippen LogP contribution >= 0.6 is 15.9 Å². The van der Waals surface area contributed by atoms with Crippen LogP contribution in [0.5, 0.6) is 5.75 Å². The van der Waals surface area contributed by atoms with E-state index in [9.17, 15) is 4.79 Å². The van der Waals surface area contributed by atoms with Gasteiger partial charge in [0.2, 0.25) is 0 Å². The zero-order valence-corrected chi connectivity index (χ0v) is 14.0. The van der Waals surface area contributed by atoms with Crippen molar-refractivity contribution >= 4 is 21.8 Å². The number of nitrogens with zero attached hydrogens (tertiary/aromatic N) is 1. The van der Waals surface area contributed by atoms with Crippen molar-refractivity contribution < 1.29 is 9.53 Å². The van der Waals surface area contributed by atoms with Gasteiger partial charge in [-0.2, -0.15) is 0 Å². The minimum absolute atomic E-state index is 0.0152. The predicted octanol–water partition coefficient (Wildman–Crippen LogP) is 4.04. The highest BCUT2D eigenvalue weighted by atomic mass is 79.9. The summed E-state index contributed by atoms with van der Waals surface area (Å²) in [6.07, 6.45) is 0. The van der Waals surface area contributed by atoms with Crippen LogP contribution in [0.3, 0.4) is 0 Å². The number of rotatable bonds is 4. The molecule has 0 aliphatic rings. The van der Waals surface area contributed by atoms with Gasteiger partial charge in [0, 0.05) is 23.6 Å². The number of aryl methyl sites for hydroxylation is 1. The van der Waals surface area contributed by atoms with Gasteiger partial charge in [-0.1, -0.05) is 28.1 Å². The summed E-state index contributed by atoms with van der Waals surface area (Å²) in [5.41, 5.74) is 2.82. The maximum absolute atomic E-state index is 12.4. The van der Waals surface area contributed by atoms with Crippen molar-refractivity contribution in [3.8, 4) is 5.75 Å². The molecule has 0 saturated carbocycles. The number of carbonyl (C=O) groups is 1. The minimum atomic E-state index is 0.0152. The van der Waals surface area contributed by atoms with Crippen molar-refractivity contribution in [2.24, 2.45) is 0 Å². The molecule has 0 heterocycles. The SMILES string of the molecule is COc1ccc(CN(C)C(=O)c2ccc(Br)c(C)c2)cc1. The van der Waals surface area contributed by atoms with E-state index in [1.807, 2.05) is 56.4 Å². The van der Waals surface area contributed by atoms with Crippen molar-refractivity contribution in [1.29, 1.82) is 0 Å². The smallest absolute Gasteiger partial charge is 0.253 e. The van der Waals surface area contributed by atoms with Gasteiger partial charge in [0.05, 0.1) is 7.11 Å². The monoisotopic (exact) mass is 347 g/mol. The summed E-state index contributed by atoms with van der Waals surface area (Å²) in [4.78, 5) is 14.1. The summed E-state index contributed by atoms with van der Waals surface area (Å²) in [6.45, 7) is 2.54. The van der Waals surface area contributed by atoms with E-state index in [1.54, 1.807) is 12.0 Å². The molecule has 0 bridgehead atoms. The largest absolute Gasteiger partial charge is 0.497 e. The second kappa shape index (κ2) is 6.76. The fourth-order valence-electron chi connectivity index (χ4n) is 2.07. The van der Waals surface area contributed by atoms with Gasteiger partial charge in [-0.3, -0.25) is 4.79 Å². The number of amides is 1. The molecule has 0 unspecified atom stereocenters. The third kappa shape index (κ3) is 3.85. The Balaban J connectivity index is 2.09. The molecule has 2 rings (SSSR count). The van der Waals surface area contributed by atoms with E-state index in [2.05, 4.69) is 15.9 Å². The van der Waals surface area contributed by atoms with E-state index < -0.39 is 0 Å². The Labute approximate surface area is 133 Å². The van der Waals surface area contributed by atoms with Crippen LogP contribution in [0.4, 0.5) is 0 Å². The average Bonchev–Trinajstić information content (AvgIpc) is 2.50. The van der Waals surface area contributed by atoms with Crippen LogP contribution in [0.15, 0.2) is 46.9 Å². The van der Waals surface area contributed by atoms with Gasteiger partial charge in [-0.15, -0.1) is 0 Å². The third-order valence-corrected chi connectivity index (χ3v) is 4.22. The highest BCUT2D eigenvalue weighted by Gasteiger charge is 2.13. The maximum Gasteiger partial charge on any atom is 0.253 e. The van der Waals surface area contributed by atoms with E-state index in [1.165, 1.54) is 0 Å². The van der Waals surface area contributed by atoms with Crippen molar-refractivity contribution in [3.63, 3.8) is 0 Å². The first kappa shape index (κ1) is 15.6. The summed E-state index contributed by atoms with van der Waals surface area (Å²) < 4.78 is 6.14. The Morgan fingerprint density at radius 2 is 1.86 bits per heavy atom. The molecule has 110 valence electrons. The molecule has 2 aromatic carbocycles. The molecule has 1 amide bonds.